The molecule has 1 aliphatic rings. The maximum absolute atomic E-state index is 6.22. The van der Waals surface area contributed by atoms with E-state index in [2.05, 4.69) is 16.9 Å². The molecule has 0 spiro atoms. The second-order valence-corrected chi connectivity index (χ2v) is 5.51. The molecule has 0 saturated heterocycles. The van der Waals surface area contributed by atoms with Crippen molar-refractivity contribution >= 4 is 16.9 Å². The molecule has 1 aromatic carbocycles. The number of anilines is 1. The summed E-state index contributed by atoms with van der Waals surface area (Å²) in [6.45, 7) is 2.23. The molecule has 4 heteroatoms. The third-order valence-corrected chi connectivity index (χ3v) is 4.21. The van der Waals surface area contributed by atoms with Crippen molar-refractivity contribution in [2.45, 2.75) is 45.1 Å². The molecule has 1 aliphatic carbocycles. The minimum Gasteiger partial charge on any atom is -0.473 e. The average Bonchev–Trinajstić information content (AvgIpc) is 2.47. The van der Waals surface area contributed by atoms with E-state index in [0.717, 1.165) is 23.7 Å². The molecule has 3 rings (SSSR count). The van der Waals surface area contributed by atoms with Gasteiger partial charge in [0.05, 0.1) is 10.9 Å². The predicted octanol–water partition coefficient (Wildman–Crippen LogP) is 3.56. The van der Waals surface area contributed by atoms with Gasteiger partial charge in [-0.25, -0.2) is 4.98 Å². The van der Waals surface area contributed by atoms with E-state index in [1.807, 2.05) is 24.3 Å². The molecule has 0 bridgehead atoms. The summed E-state index contributed by atoms with van der Waals surface area (Å²) in [5.41, 5.74) is 6.64. The fourth-order valence-corrected chi connectivity index (χ4v) is 3.09. The number of nitrogens with zero attached hydrogens (tertiary/aromatic N) is 2. The van der Waals surface area contributed by atoms with Gasteiger partial charge in [-0.05, 0) is 43.7 Å². The molecule has 20 heavy (non-hydrogen) atoms. The van der Waals surface area contributed by atoms with Crippen molar-refractivity contribution in [3.63, 3.8) is 0 Å². The number of nitrogen functional groups attached to an aromatic ring is 1. The van der Waals surface area contributed by atoms with Gasteiger partial charge in [0, 0.05) is 0 Å². The first-order valence-corrected chi connectivity index (χ1v) is 7.47. The average molecular weight is 271 g/mol. The minimum absolute atomic E-state index is 0.256. The number of aromatic nitrogens is 2. The highest BCUT2D eigenvalue weighted by Gasteiger charge is 2.26. The Morgan fingerprint density at radius 1 is 1.20 bits per heavy atom. The Balaban J connectivity index is 1.93. The van der Waals surface area contributed by atoms with Crippen LogP contribution >= 0.6 is 0 Å². The second kappa shape index (κ2) is 5.65. The van der Waals surface area contributed by atoms with E-state index in [-0.39, 0.29) is 12.1 Å². The molecule has 4 nitrogen and oxygen atoms in total. The van der Waals surface area contributed by atoms with Crippen molar-refractivity contribution in [3.8, 4) is 5.88 Å². The van der Waals surface area contributed by atoms with E-state index in [4.69, 9.17) is 10.5 Å². The second-order valence-electron chi connectivity index (χ2n) is 5.51. The van der Waals surface area contributed by atoms with E-state index in [0.29, 0.717) is 11.8 Å². The monoisotopic (exact) mass is 271 g/mol. The lowest BCUT2D eigenvalue weighted by Gasteiger charge is -2.31. The normalized spacial score (nSPS) is 22.9. The zero-order valence-electron chi connectivity index (χ0n) is 11.9. The van der Waals surface area contributed by atoms with Crippen LogP contribution in [0.4, 0.5) is 5.95 Å². The van der Waals surface area contributed by atoms with Crippen LogP contribution in [0.1, 0.15) is 39.0 Å². The molecular weight excluding hydrogens is 250 g/mol. The molecule has 1 saturated carbocycles. The molecule has 106 valence electrons. The molecule has 0 radical (unpaired) electrons. The summed E-state index contributed by atoms with van der Waals surface area (Å²) >= 11 is 0. The van der Waals surface area contributed by atoms with Gasteiger partial charge in [0.15, 0.2) is 0 Å². The molecule has 1 heterocycles. The summed E-state index contributed by atoms with van der Waals surface area (Å²) in [5, 5.41) is 0.946. The Kier molecular flexibility index (Phi) is 3.72. The van der Waals surface area contributed by atoms with E-state index in [9.17, 15) is 0 Å². The number of rotatable bonds is 3. The van der Waals surface area contributed by atoms with Gasteiger partial charge in [-0.2, -0.15) is 4.98 Å². The molecule has 2 unspecified atom stereocenters. The van der Waals surface area contributed by atoms with Crippen LogP contribution in [0.3, 0.4) is 0 Å². The van der Waals surface area contributed by atoms with Crippen LogP contribution < -0.4 is 10.5 Å². The SMILES string of the molecule is CCC1CCCCC1Oc1nc(N)nc2ccccc12. The fraction of sp³-hybridized carbons (Fsp3) is 0.500. The number of hydrogen-bond acceptors (Lipinski definition) is 4. The Morgan fingerprint density at radius 3 is 2.85 bits per heavy atom. The molecule has 0 aliphatic heterocycles. The van der Waals surface area contributed by atoms with E-state index < -0.39 is 0 Å². The lowest BCUT2D eigenvalue weighted by atomic mass is 9.85. The molecule has 2 aromatic rings. The molecule has 1 aromatic heterocycles. The molecule has 1 fully saturated rings. The number of hydrogen-bond donors (Lipinski definition) is 1. The first-order chi connectivity index (χ1) is 9.78. The van der Waals surface area contributed by atoms with Crippen LogP contribution in [0.2, 0.25) is 0 Å². The Hall–Kier alpha value is -1.84. The first-order valence-electron chi connectivity index (χ1n) is 7.47. The minimum atomic E-state index is 0.256. The number of benzene rings is 1. The number of ether oxygens (including phenoxy) is 1. The third kappa shape index (κ3) is 2.55. The topological polar surface area (TPSA) is 61.0 Å². The lowest BCUT2D eigenvalue weighted by Crippen LogP contribution is -2.30. The van der Waals surface area contributed by atoms with Gasteiger partial charge >= 0.3 is 0 Å². The van der Waals surface area contributed by atoms with Gasteiger partial charge in [-0.1, -0.05) is 25.5 Å². The molecular formula is C16H21N3O. The third-order valence-electron chi connectivity index (χ3n) is 4.21. The van der Waals surface area contributed by atoms with Crippen LogP contribution in [-0.4, -0.2) is 16.1 Å². The highest BCUT2D eigenvalue weighted by molar-refractivity contribution is 5.84. The van der Waals surface area contributed by atoms with Gasteiger partial charge in [0.25, 0.3) is 0 Å². The van der Waals surface area contributed by atoms with E-state index in [1.165, 1.54) is 19.3 Å². The van der Waals surface area contributed by atoms with Crippen molar-refractivity contribution in [2.24, 2.45) is 5.92 Å². The summed E-state index contributed by atoms with van der Waals surface area (Å²) in [6.07, 6.45) is 6.32. The quantitative estimate of drug-likeness (QED) is 0.927. The van der Waals surface area contributed by atoms with Crippen LogP contribution in [0.5, 0.6) is 5.88 Å². The zero-order chi connectivity index (χ0) is 13.9. The van der Waals surface area contributed by atoms with Gasteiger partial charge in [0.2, 0.25) is 11.8 Å². The summed E-state index contributed by atoms with van der Waals surface area (Å²) in [5.74, 6) is 1.54. The van der Waals surface area contributed by atoms with Crippen molar-refractivity contribution in [3.05, 3.63) is 24.3 Å². The maximum Gasteiger partial charge on any atom is 0.226 e. The summed E-state index contributed by atoms with van der Waals surface area (Å²) in [4.78, 5) is 8.56. The van der Waals surface area contributed by atoms with Gasteiger partial charge in [0.1, 0.15) is 6.10 Å². The highest BCUT2D eigenvalue weighted by atomic mass is 16.5. The zero-order valence-corrected chi connectivity index (χ0v) is 11.9. The molecule has 2 N–H and O–H groups in total. The van der Waals surface area contributed by atoms with Crippen LogP contribution in [0.25, 0.3) is 10.9 Å². The summed E-state index contributed by atoms with van der Waals surface area (Å²) < 4.78 is 6.22. The number of para-hydroxylation sites is 1. The van der Waals surface area contributed by atoms with Crippen molar-refractivity contribution < 1.29 is 4.74 Å². The van der Waals surface area contributed by atoms with E-state index >= 15 is 0 Å². The van der Waals surface area contributed by atoms with Gasteiger partial charge in [-0.3, -0.25) is 0 Å². The van der Waals surface area contributed by atoms with Crippen molar-refractivity contribution in [1.82, 2.24) is 9.97 Å². The van der Waals surface area contributed by atoms with Crippen molar-refractivity contribution in [2.75, 3.05) is 5.73 Å². The van der Waals surface area contributed by atoms with Crippen molar-refractivity contribution in [1.29, 1.82) is 0 Å². The predicted molar refractivity (Wildman–Crippen MR) is 80.6 cm³/mol. The molecule has 0 amide bonds. The van der Waals surface area contributed by atoms with Gasteiger partial charge < -0.3 is 10.5 Å². The van der Waals surface area contributed by atoms with Gasteiger partial charge in [-0.15, -0.1) is 0 Å². The fourth-order valence-electron chi connectivity index (χ4n) is 3.09. The first kappa shape index (κ1) is 13.2. The lowest BCUT2D eigenvalue weighted by molar-refractivity contribution is 0.0876. The summed E-state index contributed by atoms with van der Waals surface area (Å²) in [6, 6.07) is 7.87. The summed E-state index contributed by atoms with van der Waals surface area (Å²) in [7, 11) is 0. The number of nitrogens with two attached hydrogens (primary N) is 1. The highest BCUT2D eigenvalue weighted by Crippen LogP contribution is 2.32. The standard InChI is InChI=1S/C16H21N3O/c1-2-11-7-3-6-10-14(11)20-15-12-8-4-5-9-13(12)18-16(17)19-15/h4-5,8-9,11,14H,2-3,6-7,10H2,1H3,(H2,17,18,19). The number of fused-ring (bicyclic) bond motifs is 1. The Morgan fingerprint density at radius 2 is 2.00 bits per heavy atom. The van der Waals surface area contributed by atoms with Crippen LogP contribution in [0, 0.1) is 5.92 Å². The van der Waals surface area contributed by atoms with Crippen LogP contribution in [0.15, 0.2) is 24.3 Å². The maximum atomic E-state index is 6.22. The molecule has 2 atom stereocenters. The van der Waals surface area contributed by atoms with Crippen LogP contribution in [-0.2, 0) is 0 Å². The largest absolute Gasteiger partial charge is 0.473 e. The Bertz CT molecular complexity index is 599. The van der Waals surface area contributed by atoms with E-state index in [1.54, 1.807) is 0 Å². The smallest absolute Gasteiger partial charge is 0.226 e. The Labute approximate surface area is 119 Å².